The minimum absolute atomic E-state index is 0.00148. The molecule has 4 rings (SSSR count). The molecule has 0 saturated carbocycles. The monoisotopic (exact) mass is 488 g/mol. The van der Waals surface area contributed by atoms with E-state index in [0.29, 0.717) is 51.9 Å². The fraction of sp³-hybridized carbons (Fsp3) is 0.269. The summed E-state index contributed by atoms with van der Waals surface area (Å²) in [6.45, 7) is 4.01. The van der Waals surface area contributed by atoms with E-state index >= 15 is 0 Å². The molecule has 0 aliphatic carbocycles. The van der Waals surface area contributed by atoms with Gasteiger partial charge in [0.15, 0.2) is 0 Å². The lowest BCUT2D eigenvalue weighted by Crippen LogP contribution is -2.05. The summed E-state index contributed by atoms with van der Waals surface area (Å²) in [6, 6.07) is 15.4. The zero-order valence-electron chi connectivity index (χ0n) is 18.7. The molecule has 0 amide bonds. The lowest BCUT2D eigenvalue weighted by Gasteiger charge is -2.07. The highest BCUT2D eigenvalue weighted by Gasteiger charge is 2.36. The van der Waals surface area contributed by atoms with Crippen molar-refractivity contribution in [3.63, 3.8) is 0 Å². The smallest absolute Gasteiger partial charge is 0.426 e. The Morgan fingerprint density at radius 2 is 1.85 bits per heavy atom. The Morgan fingerprint density at radius 3 is 2.56 bits per heavy atom. The number of hydrogen-bond donors (Lipinski definition) is 0. The molecular formula is C26H23F3O4S. The first-order valence-corrected chi connectivity index (χ1v) is 11.6. The Kier molecular flexibility index (Phi) is 6.97. The third-order valence-electron chi connectivity index (χ3n) is 5.38. The second-order valence-corrected chi connectivity index (χ2v) is 8.86. The highest BCUT2D eigenvalue weighted by atomic mass is 32.1. The number of carbonyl (C=O) groups is 1. The van der Waals surface area contributed by atoms with E-state index in [2.05, 4.69) is 0 Å². The number of thiophene rings is 1. The summed E-state index contributed by atoms with van der Waals surface area (Å²) in [4.78, 5) is 11.5. The van der Waals surface area contributed by atoms with Crippen LogP contribution >= 0.6 is 11.3 Å². The molecule has 0 unspecified atom stereocenters. The zero-order chi connectivity index (χ0) is 24.3. The lowest BCUT2D eigenvalue weighted by atomic mass is 10.1. The number of benzene rings is 2. The van der Waals surface area contributed by atoms with Gasteiger partial charge in [-0.3, -0.25) is 4.79 Å². The van der Waals surface area contributed by atoms with Crippen molar-refractivity contribution in [3.05, 3.63) is 75.7 Å². The van der Waals surface area contributed by atoms with Crippen LogP contribution in [0.4, 0.5) is 13.2 Å². The maximum atomic E-state index is 13.6. The summed E-state index contributed by atoms with van der Waals surface area (Å²) in [5, 5.41) is 0.896. The summed E-state index contributed by atoms with van der Waals surface area (Å²) in [5.74, 6) is 0.901. The van der Waals surface area contributed by atoms with Gasteiger partial charge >= 0.3 is 12.1 Å². The van der Waals surface area contributed by atoms with E-state index in [0.717, 1.165) is 10.9 Å². The van der Waals surface area contributed by atoms with Crippen LogP contribution < -0.4 is 4.74 Å². The van der Waals surface area contributed by atoms with Gasteiger partial charge in [-0.1, -0.05) is 30.3 Å². The van der Waals surface area contributed by atoms with Gasteiger partial charge in [-0.05, 0) is 43.2 Å². The molecule has 34 heavy (non-hydrogen) atoms. The molecule has 0 aliphatic heterocycles. The van der Waals surface area contributed by atoms with Crippen molar-refractivity contribution in [1.82, 2.24) is 0 Å². The molecule has 2 aromatic heterocycles. The van der Waals surface area contributed by atoms with Crippen LogP contribution in [0.3, 0.4) is 0 Å². The number of fused-ring (bicyclic) bond motifs is 1. The lowest BCUT2D eigenvalue weighted by molar-refractivity contribution is -0.143. The van der Waals surface area contributed by atoms with E-state index in [-0.39, 0.29) is 24.6 Å². The molecule has 0 atom stereocenters. The van der Waals surface area contributed by atoms with E-state index in [9.17, 15) is 18.0 Å². The van der Waals surface area contributed by atoms with Gasteiger partial charge in [0.1, 0.15) is 28.6 Å². The molecule has 2 aromatic carbocycles. The van der Waals surface area contributed by atoms with Gasteiger partial charge in [-0.15, -0.1) is 11.3 Å². The first-order chi connectivity index (χ1) is 16.3. The minimum atomic E-state index is -4.45. The minimum Gasteiger partial charge on any atom is -0.488 e. The number of aryl methyl sites for hydroxylation is 2. The number of alkyl halides is 3. The van der Waals surface area contributed by atoms with Gasteiger partial charge in [-0.2, -0.15) is 13.2 Å². The van der Waals surface area contributed by atoms with Crippen molar-refractivity contribution < 1.29 is 31.9 Å². The number of carbonyl (C=O) groups excluding carboxylic acids is 1. The Hall–Kier alpha value is -3.26. The number of esters is 1. The van der Waals surface area contributed by atoms with Gasteiger partial charge in [0.25, 0.3) is 0 Å². The van der Waals surface area contributed by atoms with Crippen molar-refractivity contribution in [3.8, 4) is 16.9 Å². The molecule has 178 valence electrons. The highest BCUT2D eigenvalue weighted by Crippen LogP contribution is 2.43. The number of rotatable bonds is 8. The first kappa shape index (κ1) is 23.9. The number of halogens is 3. The van der Waals surface area contributed by atoms with Crippen LogP contribution in [0.1, 0.15) is 34.4 Å². The highest BCUT2D eigenvalue weighted by molar-refractivity contribution is 7.12. The van der Waals surface area contributed by atoms with Gasteiger partial charge in [0, 0.05) is 28.3 Å². The fourth-order valence-electron chi connectivity index (χ4n) is 3.74. The predicted molar refractivity (Wildman–Crippen MR) is 125 cm³/mol. The van der Waals surface area contributed by atoms with Crippen molar-refractivity contribution in [1.29, 1.82) is 0 Å². The van der Waals surface area contributed by atoms with Gasteiger partial charge in [0.2, 0.25) is 0 Å². The third kappa shape index (κ3) is 5.28. The topological polar surface area (TPSA) is 48.7 Å². The average molecular weight is 489 g/mol. The SMILES string of the molecule is CCOC(=O)CCc1oc2cc(OCc3cc(-c4ccccc4)c(C(F)(F)F)s3)ccc2c1C. The van der Waals surface area contributed by atoms with Crippen LogP contribution in [-0.4, -0.2) is 12.6 Å². The zero-order valence-corrected chi connectivity index (χ0v) is 19.5. The Bertz CT molecular complexity index is 1290. The fourth-order valence-corrected chi connectivity index (χ4v) is 4.70. The second kappa shape index (κ2) is 9.93. The Labute approximate surface area is 198 Å². The third-order valence-corrected chi connectivity index (χ3v) is 6.53. The summed E-state index contributed by atoms with van der Waals surface area (Å²) >= 11 is 0.687. The summed E-state index contributed by atoms with van der Waals surface area (Å²) in [6.07, 6.45) is -3.80. The largest absolute Gasteiger partial charge is 0.488 e. The molecule has 2 heterocycles. The van der Waals surface area contributed by atoms with Crippen LogP contribution in [0, 0.1) is 6.92 Å². The van der Waals surface area contributed by atoms with Crippen molar-refractivity contribution in [2.75, 3.05) is 6.61 Å². The van der Waals surface area contributed by atoms with Crippen molar-refractivity contribution >= 4 is 28.3 Å². The van der Waals surface area contributed by atoms with Crippen LogP contribution in [0.25, 0.3) is 22.1 Å². The maximum absolute atomic E-state index is 13.6. The quantitative estimate of drug-likeness (QED) is 0.240. The number of hydrogen-bond acceptors (Lipinski definition) is 5. The molecule has 0 N–H and O–H groups in total. The maximum Gasteiger partial charge on any atom is 0.426 e. The van der Waals surface area contributed by atoms with Gasteiger partial charge in [-0.25, -0.2) is 0 Å². The van der Waals surface area contributed by atoms with Crippen LogP contribution in [0.15, 0.2) is 59.0 Å². The molecule has 0 spiro atoms. The molecule has 0 saturated heterocycles. The van der Waals surface area contributed by atoms with Crippen molar-refractivity contribution in [2.45, 2.75) is 39.5 Å². The van der Waals surface area contributed by atoms with Gasteiger partial charge in [0.05, 0.1) is 13.0 Å². The summed E-state index contributed by atoms with van der Waals surface area (Å²) in [5.41, 5.74) is 2.20. The van der Waals surface area contributed by atoms with Crippen LogP contribution in [0.5, 0.6) is 5.75 Å². The predicted octanol–water partition coefficient (Wildman–Crippen LogP) is 7.56. The van der Waals surface area contributed by atoms with E-state index in [4.69, 9.17) is 13.9 Å². The number of ether oxygens (including phenoxy) is 2. The molecule has 0 radical (unpaired) electrons. The molecular weight excluding hydrogens is 465 g/mol. The molecule has 8 heteroatoms. The van der Waals surface area contributed by atoms with E-state index < -0.39 is 11.1 Å². The summed E-state index contributed by atoms with van der Waals surface area (Å²) in [7, 11) is 0. The van der Waals surface area contributed by atoms with Crippen LogP contribution in [0.2, 0.25) is 0 Å². The summed E-state index contributed by atoms with van der Waals surface area (Å²) < 4.78 is 57.5. The van der Waals surface area contributed by atoms with Crippen molar-refractivity contribution in [2.24, 2.45) is 0 Å². The Balaban J connectivity index is 1.51. The number of furan rings is 1. The molecule has 0 fully saturated rings. The van der Waals surface area contributed by atoms with E-state index in [1.165, 1.54) is 6.07 Å². The molecule has 4 nitrogen and oxygen atoms in total. The second-order valence-electron chi connectivity index (χ2n) is 7.72. The van der Waals surface area contributed by atoms with Gasteiger partial charge < -0.3 is 13.9 Å². The average Bonchev–Trinajstić information content (AvgIpc) is 3.38. The first-order valence-electron chi connectivity index (χ1n) is 10.8. The Morgan fingerprint density at radius 1 is 1.09 bits per heavy atom. The van der Waals surface area contributed by atoms with E-state index in [1.807, 2.05) is 13.0 Å². The van der Waals surface area contributed by atoms with Crippen LogP contribution in [-0.2, 0) is 28.7 Å². The van der Waals surface area contributed by atoms with E-state index in [1.54, 1.807) is 49.4 Å². The molecule has 0 aliphatic rings. The molecule has 4 aromatic rings. The normalized spacial score (nSPS) is 11.7. The molecule has 0 bridgehead atoms. The standard InChI is InChI=1S/C26H23F3O4S/c1-3-31-24(30)12-11-22-16(2)20-10-9-18(13-23(20)33-22)32-15-19-14-21(17-7-5-4-6-8-17)25(34-19)26(27,28)29/h4-10,13-14H,3,11-12,15H2,1-2H3.